The van der Waals surface area contributed by atoms with Gasteiger partial charge in [-0.3, -0.25) is 4.79 Å². The van der Waals surface area contributed by atoms with Gasteiger partial charge in [0.2, 0.25) is 5.91 Å². The molecule has 7 heteroatoms. The van der Waals surface area contributed by atoms with Crippen LogP contribution < -0.4 is 9.47 Å². The standard InChI is InChI=1S/C21H23F2NO3S/c1-4-26-19-13-15(7-11-18(19)27-21(22)23)8-12-20(25)24(2)14-16-5-9-17(28-3)10-6-16/h5-13,21H,4,14H2,1-3H3/b12-8+. The van der Waals surface area contributed by atoms with Gasteiger partial charge in [-0.2, -0.15) is 8.78 Å². The normalized spacial score (nSPS) is 11.1. The summed E-state index contributed by atoms with van der Waals surface area (Å²) in [4.78, 5) is 15.1. The van der Waals surface area contributed by atoms with E-state index in [-0.39, 0.29) is 17.4 Å². The fourth-order valence-corrected chi connectivity index (χ4v) is 2.88. The van der Waals surface area contributed by atoms with Gasteiger partial charge in [0.15, 0.2) is 11.5 Å². The van der Waals surface area contributed by atoms with Crippen molar-refractivity contribution in [3.63, 3.8) is 0 Å². The van der Waals surface area contributed by atoms with Crippen molar-refractivity contribution in [1.29, 1.82) is 0 Å². The molecule has 0 aliphatic rings. The Bertz CT molecular complexity index is 810. The highest BCUT2D eigenvalue weighted by molar-refractivity contribution is 7.98. The van der Waals surface area contributed by atoms with Crippen LogP contribution in [0.5, 0.6) is 11.5 Å². The highest BCUT2D eigenvalue weighted by Gasteiger charge is 2.11. The highest BCUT2D eigenvalue weighted by Crippen LogP contribution is 2.30. The first-order valence-corrected chi connectivity index (χ1v) is 9.93. The minimum absolute atomic E-state index is 0.0360. The Kier molecular flexibility index (Phi) is 8.32. The van der Waals surface area contributed by atoms with Crippen LogP contribution in [-0.4, -0.2) is 37.3 Å². The number of hydrogen-bond acceptors (Lipinski definition) is 4. The maximum absolute atomic E-state index is 12.5. The van der Waals surface area contributed by atoms with E-state index in [1.807, 2.05) is 30.5 Å². The zero-order valence-electron chi connectivity index (χ0n) is 16.0. The van der Waals surface area contributed by atoms with Crippen LogP contribution in [-0.2, 0) is 11.3 Å². The molecule has 2 aromatic carbocycles. The zero-order valence-corrected chi connectivity index (χ0v) is 16.8. The molecule has 0 bridgehead atoms. The lowest BCUT2D eigenvalue weighted by Crippen LogP contribution is -2.24. The smallest absolute Gasteiger partial charge is 0.387 e. The Morgan fingerprint density at radius 2 is 1.89 bits per heavy atom. The van der Waals surface area contributed by atoms with E-state index in [0.29, 0.717) is 18.7 Å². The second-order valence-electron chi connectivity index (χ2n) is 5.89. The monoisotopic (exact) mass is 407 g/mol. The van der Waals surface area contributed by atoms with Crippen molar-refractivity contribution >= 4 is 23.7 Å². The van der Waals surface area contributed by atoms with E-state index >= 15 is 0 Å². The molecule has 0 unspecified atom stereocenters. The molecule has 0 fully saturated rings. The fourth-order valence-electron chi connectivity index (χ4n) is 2.47. The number of thioether (sulfide) groups is 1. The highest BCUT2D eigenvalue weighted by atomic mass is 32.2. The molecule has 0 saturated carbocycles. The number of carbonyl (C=O) groups excluding carboxylic acids is 1. The molecule has 4 nitrogen and oxygen atoms in total. The quantitative estimate of drug-likeness (QED) is 0.429. The number of rotatable bonds is 9. The molecule has 2 aromatic rings. The van der Waals surface area contributed by atoms with Crippen LogP contribution >= 0.6 is 11.8 Å². The lowest BCUT2D eigenvalue weighted by Gasteiger charge is -2.15. The number of alkyl halides is 2. The molecule has 0 radical (unpaired) electrons. The van der Waals surface area contributed by atoms with Crippen LogP contribution in [0.2, 0.25) is 0 Å². The van der Waals surface area contributed by atoms with Crippen molar-refractivity contribution in [2.75, 3.05) is 19.9 Å². The molecule has 0 saturated heterocycles. The molecule has 28 heavy (non-hydrogen) atoms. The number of halogens is 2. The molecule has 1 amide bonds. The third kappa shape index (κ3) is 6.56. The van der Waals surface area contributed by atoms with Crippen LogP contribution in [0.4, 0.5) is 8.78 Å². The zero-order chi connectivity index (χ0) is 20.5. The number of ether oxygens (including phenoxy) is 2. The van der Waals surface area contributed by atoms with Crippen molar-refractivity contribution in [2.45, 2.75) is 25.0 Å². The number of benzene rings is 2. The Balaban J connectivity index is 2.04. The average Bonchev–Trinajstić information content (AvgIpc) is 2.68. The fraction of sp³-hybridized carbons (Fsp3) is 0.286. The van der Waals surface area contributed by atoms with E-state index in [0.717, 1.165) is 5.56 Å². The molecule has 0 atom stereocenters. The van der Waals surface area contributed by atoms with Crippen LogP contribution in [0.1, 0.15) is 18.1 Å². The van der Waals surface area contributed by atoms with Gasteiger partial charge in [0.25, 0.3) is 0 Å². The molecule has 0 heterocycles. The predicted molar refractivity (Wildman–Crippen MR) is 108 cm³/mol. The maximum Gasteiger partial charge on any atom is 0.387 e. The molecular formula is C21H23F2NO3S. The van der Waals surface area contributed by atoms with Crippen LogP contribution in [0.15, 0.2) is 53.4 Å². The molecule has 0 aromatic heterocycles. The predicted octanol–water partition coefficient (Wildman–Crippen LogP) is 5.08. The first-order valence-electron chi connectivity index (χ1n) is 8.70. The van der Waals surface area contributed by atoms with Crippen molar-refractivity contribution in [2.24, 2.45) is 0 Å². The summed E-state index contributed by atoms with van der Waals surface area (Å²) in [6.07, 6.45) is 5.07. The van der Waals surface area contributed by atoms with E-state index < -0.39 is 6.61 Å². The molecule has 0 aliphatic heterocycles. The topological polar surface area (TPSA) is 38.8 Å². The summed E-state index contributed by atoms with van der Waals surface area (Å²) in [5.74, 6) is 0.00517. The first-order chi connectivity index (χ1) is 13.4. The molecule has 2 rings (SSSR count). The summed E-state index contributed by atoms with van der Waals surface area (Å²) in [5.41, 5.74) is 1.69. The minimum Gasteiger partial charge on any atom is -0.490 e. The van der Waals surface area contributed by atoms with E-state index in [2.05, 4.69) is 4.74 Å². The molecule has 0 aliphatic carbocycles. The average molecular weight is 407 g/mol. The number of likely N-dealkylation sites (N-methyl/N-ethyl adjacent to an activating group) is 1. The van der Waals surface area contributed by atoms with E-state index in [1.54, 1.807) is 48.8 Å². The molecular weight excluding hydrogens is 384 g/mol. The number of nitrogens with zero attached hydrogens (tertiary/aromatic N) is 1. The number of hydrogen-bond donors (Lipinski definition) is 0. The summed E-state index contributed by atoms with van der Waals surface area (Å²) >= 11 is 1.66. The first kappa shape index (κ1) is 21.8. The van der Waals surface area contributed by atoms with Gasteiger partial charge in [-0.1, -0.05) is 18.2 Å². The summed E-state index contributed by atoms with van der Waals surface area (Å²) in [6, 6.07) is 12.6. The lowest BCUT2D eigenvalue weighted by molar-refractivity contribution is -0.125. The second-order valence-corrected chi connectivity index (χ2v) is 6.77. The molecule has 150 valence electrons. The Hall–Kier alpha value is -2.54. The van der Waals surface area contributed by atoms with Gasteiger partial charge in [0.1, 0.15) is 0 Å². The van der Waals surface area contributed by atoms with E-state index in [1.165, 1.54) is 17.0 Å². The number of amides is 1. The van der Waals surface area contributed by atoms with Gasteiger partial charge in [-0.25, -0.2) is 0 Å². The lowest BCUT2D eigenvalue weighted by atomic mass is 10.1. The van der Waals surface area contributed by atoms with Crippen LogP contribution in [0.3, 0.4) is 0 Å². The Morgan fingerprint density at radius 1 is 1.18 bits per heavy atom. The van der Waals surface area contributed by atoms with Crippen LogP contribution in [0, 0.1) is 0 Å². The van der Waals surface area contributed by atoms with Gasteiger partial charge in [0.05, 0.1) is 6.61 Å². The maximum atomic E-state index is 12.5. The van der Waals surface area contributed by atoms with Crippen molar-refractivity contribution in [1.82, 2.24) is 4.90 Å². The van der Waals surface area contributed by atoms with Gasteiger partial charge in [-0.15, -0.1) is 11.8 Å². The van der Waals surface area contributed by atoms with Crippen molar-refractivity contribution < 1.29 is 23.0 Å². The third-order valence-corrected chi connectivity index (χ3v) is 4.60. The SMILES string of the molecule is CCOc1cc(/C=C/C(=O)N(C)Cc2ccc(SC)cc2)ccc1OC(F)F. The van der Waals surface area contributed by atoms with Crippen LogP contribution in [0.25, 0.3) is 6.08 Å². The Labute approximate surface area is 168 Å². The second kappa shape index (κ2) is 10.7. The molecule has 0 N–H and O–H groups in total. The van der Waals surface area contributed by atoms with Gasteiger partial charge in [0, 0.05) is 24.6 Å². The summed E-state index contributed by atoms with van der Waals surface area (Å²) in [6.45, 7) is -0.382. The van der Waals surface area contributed by atoms with Gasteiger partial charge < -0.3 is 14.4 Å². The summed E-state index contributed by atoms with van der Waals surface area (Å²) < 4.78 is 34.7. The van der Waals surface area contributed by atoms with E-state index in [4.69, 9.17) is 4.74 Å². The van der Waals surface area contributed by atoms with Crippen molar-refractivity contribution in [3.8, 4) is 11.5 Å². The van der Waals surface area contributed by atoms with Crippen molar-refractivity contribution in [3.05, 3.63) is 59.7 Å². The minimum atomic E-state index is -2.93. The van der Waals surface area contributed by atoms with E-state index in [9.17, 15) is 13.6 Å². The summed E-state index contributed by atoms with van der Waals surface area (Å²) in [7, 11) is 1.72. The van der Waals surface area contributed by atoms with Gasteiger partial charge >= 0.3 is 6.61 Å². The summed E-state index contributed by atoms with van der Waals surface area (Å²) in [5, 5.41) is 0. The van der Waals surface area contributed by atoms with Gasteiger partial charge in [-0.05, 0) is 54.6 Å². The Morgan fingerprint density at radius 3 is 2.50 bits per heavy atom. The number of carbonyl (C=O) groups is 1. The third-order valence-electron chi connectivity index (χ3n) is 3.86. The largest absolute Gasteiger partial charge is 0.490 e. The molecule has 0 spiro atoms.